The van der Waals surface area contributed by atoms with Gasteiger partial charge >= 0.3 is 0 Å². The minimum atomic E-state index is -0.0893. The smallest absolute Gasteiger partial charge is 0.119 e. The maximum atomic E-state index is 8.83. The van der Waals surface area contributed by atoms with Gasteiger partial charge in [0.2, 0.25) is 0 Å². The van der Waals surface area contributed by atoms with Crippen LogP contribution in [0, 0.1) is 0 Å². The number of aliphatic hydroxyl groups is 1. The van der Waals surface area contributed by atoms with Crippen molar-refractivity contribution in [3.05, 3.63) is 29.8 Å². The van der Waals surface area contributed by atoms with Crippen LogP contribution < -0.4 is 10.5 Å². The van der Waals surface area contributed by atoms with Crippen LogP contribution in [0.3, 0.4) is 0 Å². The van der Waals surface area contributed by atoms with Gasteiger partial charge in [-0.15, -0.1) is 0 Å². The average molecular weight is 251 g/mol. The van der Waals surface area contributed by atoms with E-state index in [0.29, 0.717) is 6.42 Å². The van der Waals surface area contributed by atoms with Crippen molar-refractivity contribution in [1.29, 1.82) is 0 Å². The highest BCUT2D eigenvalue weighted by Crippen LogP contribution is 2.18. The Balaban J connectivity index is 2.31. The number of hydrogen-bond donors (Lipinski definition) is 2. The molecular weight excluding hydrogens is 226 g/mol. The van der Waals surface area contributed by atoms with Gasteiger partial charge in [0.25, 0.3) is 0 Å². The molecular formula is C15H25NO2. The average Bonchev–Trinajstić information content (AvgIpc) is 2.39. The van der Waals surface area contributed by atoms with Crippen LogP contribution in [0.1, 0.15) is 50.6 Å². The minimum absolute atomic E-state index is 0.0893. The third-order valence-corrected chi connectivity index (χ3v) is 3.01. The number of aliphatic hydroxyl groups excluding tert-OH is 1. The van der Waals surface area contributed by atoms with Crippen LogP contribution in [-0.2, 0) is 0 Å². The monoisotopic (exact) mass is 251 g/mol. The zero-order chi connectivity index (χ0) is 13.2. The molecule has 0 aliphatic rings. The van der Waals surface area contributed by atoms with E-state index in [4.69, 9.17) is 15.6 Å². The number of ether oxygens (including phenoxy) is 1. The summed E-state index contributed by atoms with van der Waals surface area (Å²) in [6.45, 7) is 3.11. The largest absolute Gasteiger partial charge is 0.494 e. The molecule has 0 amide bonds. The lowest BCUT2D eigenvalue weighted by atomic mass is 10.1. The van der Waals surface area contributed by atoms with Crippen LogP contribution in [0.2, 0.25) is 0 Å². The molecule has 1 unspecified atom stereocenters. The Morgan fingerprint density at radius 3 is 2.50 bits per heavy atom. The molecule has 3 heteroatoms. The van der Waals surface area contributed by atoms with Gasteiger partial charge in [-0.1, -0.05) is 38.3 Å². The Morgan fingerprint density at radius 1 is 1.17 bits per heavy atom. The molecule has 0 aliphatic heterocycles. The van der Waals surface area contributed by atoms with E-state index in [1.165, 1.54) is 19.3 Å². The molecule has 0 heterocycles. The Kier molecular flexibility index (Phi) is 7.46. The molecule has 1 aromatic carbocycles. The highest BCUT2D eigenvalue weighted by molar-refractivity contribution is 5.29. The second-order valence-corrected chi connectivity index (χ2v) is 4.60. The highest BCUT2D eigenvalue weighted by atomic mass is 16.5. The second kappa shape index (κ2) is 8.95. The quantitative estimate of drug-likeness (QED) is 0.663. The third-order valence-electron chi connectivity index (χ3n) is 3.01. The summed E-state index contributed by atoms with van der Waals surface area (Å²) in [4.78, 5) is 0. The van der Waals surface area contributed by atoms with Gasteiger partial charge in [0, 0.05) is 12.6 Å². The van der Waals surface area contributed by atoms with E-state index in [1.54, 1.807) is 0 Å². The van der Waals surface area contributed by atoms with Crippen molar-refractivity contribution in [2.24, 2.45) is 5.73 Å². The molecule has 0 spiro atoms. The lowest BCUT2D eigenvalue weighted by molar-refractivity contribution is 0.276. The Bertz CT molecular complexity index is 311. The molecule has 0 radical (unpaired) electrons. The Morgan fingerprint density at radius 2 is 1.89 bits per heavy atom. The number of hydrogen-bond acceptors (Lipinski definition) is 3. The fourth-order valence-electron chi connectivity index (χ4n) is 1.84. The number of rotatable bonds is 9. The van der Waals surface area contributed by atoms with Crippen LogP contribution in [0.5, 0.6) is 5.75 Å². The molecule has 1 atom stereocenters. The number of unbranched alkanes of at least 4 members (excludes halogenated alkanes) is 3. The Hall–Kier alpha value is -1.06. The summed E-state index contributed by atoms with van der Waals surface area (Å²) in [5.74, 6) is 0.895. The molecule has 18 heavy (non-hydrogen) atoms. The molecule has 3 nitrogen and oxygen atoms in total. The van der Waals surface area contributed by atoms with Crippen molar-refractivity contribution >= 4 is 0 Å². The van der Waals surface area contributed by atoms with Gasteiger partial charge in [0.15, 0.2) is 0 Å². The van der Waals surface area contributed by atoms with Crippen molar-refractivity contribution < 1.29 is 9.84 Å². The van der Waals surface area contributed by atoms with E-state index in [2.05, 4.69) is 6.92 Å². The van der Waals surface area contributed by atoms with Gasteiger partial charge in [-0.2, -0.15) is 0 Å². The van der Waals surface area contributed by atoms with Crippen molar-refractivity contribution in [2.75, 3.05) is 13.2 Å². The maximum Gasteiger partial charge on any atom is 0.119 e. The van der Waals surface area contributed by atoms with E-state index in [0.717, 1.165) is 24.3 Å². The standard InChI is InChI=1S/C15H25NO2/c1-2-3-4-5-12-18-14-8-6-13(7-9-14)15(16)10-11-17/h6-9,15,17H,2-5,10-12,16H2,1H3. The molecule has 1 rings (SSSR count). The van der Waals surface area contributed by atoms with Gasteiger partial charge in [0.05, 0.1) is 6.61 Å². The van der Waals surface area contributed by atoms with Crippen LogP contribution in [0.15, 0.2) is 24.3 Å². The molecule has 102 valence electrons. The molecule has 1 aromatic rings. The first-order valence-corrected chi connectivity index (χ1v) is 6.87. The normalized spacial score (nSPS) is 12.4. The van der Waals surface area contributed by atoms with Gasteiger partial charge in [-0.25, -0.2) is 0 Å². The summed E-state index contributed by atoms with van der Waals surface area (Å²) in [7, 11) is 0. The second-order valence-electron chi connectivity index (χ2n) is 4.60. The van der Waals surface area contributed by atoms with Crippen molar-refractivity contribution in [3.8, 4) is 5.75 Å². The molecule has 0 aromatic heterocycles. The van der Waals surface area contributed by atoms with E-state index >= 15 is 0 Å². The summed E-state index contributed by atoms with van der Waals surface area (Å²) in [6, 6.07) is 7.76. The molecule has 0 saturated carbocycles. The van der Waals surface area contributed by atoms with Crippen molar-refractivity contribution in [1.82, 2.24) is 0 Å². The van der Waals surface area contributed by atoms with Crippen LogP contribution in [0.25, 0.3) is 0 Å². The number of benzene rings is 1. The minimum Gasteiger partial charge on any atom is -0.494 e. The summed E-state index contributed by atoms with van der Waals surface area (Å²) in [5.41, 5.74) is 6.95. The summed E-state index contributed by atoms with van der Waals surface area (Å²) in [5, 5.41) is 8.83. The molecule has 3 N–H and O–H groups in total. The topological polar surface area (TPSA) is 55.5 Å². The van der Waals surface area contributed by atoms with Crippen LogP contribution >= 0.6 is 0 Å². The van der Waals surface area contributed by atoms with E-state index in [1.807, 2.05) is 24.3 Å². The zero-order valence-corrected chi connectivity index (χ0v) is 11.3. The summed E-state index contributed by atoms with van der Waals surface area (Å²) >= 11 is 0. The van der Waals surface area contributed by atoms with E-state index < -0.39 is 0 Å². The fraction of sp³-hybridized carbons (Fsp3) is 0.600. The van der Waals surface area contributed by atoms with E-state index in [-0.39, 0.29) is 12.6 Å². The Labute approximate surface area is 110 Å². The van der Waals surface area contributed by atoms with Crippen LogP contribution in [-0.4, -0.2) is 18.3 Å². The maximum absolute atomic E-state index is 8.83. The lowest BCUT2D eigenvalue weighted by Crippen LogP contribution is -2.11. The number of nitrogens with two attached hydrogens (primary N) is 1. The van der Waals surface area contributed by atoms with Crippen molar-refractivity contribution in [2.45, 2.75) is 45.1 Å². The van der Waals surface area contributed by atoms with Gasteiger partial charge in [-0.3, -0.25) is 0 Å². The zero-order valence-electron chi connectivity index (χ0n) is 11.3. The molecule has 0 fully saturated rings. The first-order chi connectivity index (χ1) is 8.77. The highest BCUT2D eigenvalue weighted by Gasteiger charge is 2.04. The third kappa shape index (κ3) is 5.52. The van der Waals surface area contributed by atoms with Gasteiger partial charge in [0.1, 0.15) is 5.75 Å². The predicted molar refractivity (Wildman–Crippen MR) is 74.7 cm³/mol. The molecule has 0 bridgehead atoms. The molecule has 0 aliphatic carbocycles. The predicted octanol–water partition coefficient (Wildman–Crippen LogP) is 3.03. The molecule has 0 saturated heterocycles. The van der Waals surface area contributed by atoms with Gasteiger partial charge < -0.3 is 15.6 Å². The van der Waals surface area contributed by atoms with E-state index in [9.17, 15) is 0 Å². The SMILES string of the molecule is CCCCCCOc1ccc(C(N)CCO)cc1. The lowest BCUT2D eigenvalue weighted by Gasteiger charge is -2.11. The first-order valence-electron chi connectivity index (χ1n) is 6.87. The fourth-order valence-corrected chi connectivity index (χ4v) is 1.84. The first kappa shape index (κ1) is 15.0. The van der Waals surface area contributed by atoms with Crippen molar-refractivity contribution in [3.63, 3.8) is 0 Å². The van der Waals surface area contributed by atoms with Crippen LogP contribution in [0.4, 0.5) is 0 Å². The van der Waals surface area contributed by atoms with Gasteiger partial charge in [-0.05, 0) is 30.5 Å². The summed E-state index contributed by atoms with van der Waals surface area (Å²) in [6.07, 6.45) is 5.46. The summed E-state index contributed by atoms with van der Waals surface area (Å²) < 4.78 is 5.66.